The summed E-state index contributed by atoms with van der Waals surface area (Å²) < 4.78 is 2.90. The number of aryl methyl sites for hydroxylation is 2. The number of likely N-dealkylation sites (N-methyl/N-ethyl adjacent to an activating group) is 1. The summed E-state index contributed by atoms with van der Waals surface area (Å²) in [7, 11) is 3.96. The van der Waals surface area contributed by atoms with Crippen molar-refractivity contribution in [3.8, 4) is 0 Å². The Hall–Kier alpha value is -1.20. The molecule has 0 fully saturated rings. The molecule has 0 spiro atoms. The lowest BCUT2D eigenvalue weighted by molar-refractivity contribution is 0.585. The number of aromatic nitrogens is 3. The van der Waals surface area contributed by atoms with Crippen LogP contribution in [0.4, 0.5) is 0 Å². The van der Waals surface area contributed by atoms with E-state index < -0.39 is 0 Å². The zero-order valence-corrected chi connectivity index (χ0v) is 13.1. The van der Waals surface area contributed by atoms with Crippen molar-refractivity contribution in [2.75, 3.05) is 7.05 Å². The number of rotatable bonds is 5. The third-order valence-corrected chi connectivity index (χ3v) is 3.63. The Morgan fingerprint density at radius 2 is 2.21 bits per heavy atom. The molecule has 1 atom stereocenters. The first-order valence-electron chi connectivity index (χ1n) is 6.43. The van der Waals surface area contributed by atoms with Gasteiger partial charge in [0.15, 0.2) is 0 Å². The van der Waals surface area contributed by atoms with Gasteiger partial charge in [-0.3, -0.25) is 9.67 Å². The van der Waals surface area contributed by atoms with Crippen LogP contribution in [0.15, 0.2) is 29.1 Å². The molecule has 2 aromatic heterocycles. The normalized spacial score (nSPS) is 12.6. The molecule has 19 heavy (non-hydrogen) atoms. The van der Waals surface area contributed by atoms with Crippen LogP contribution in [0.5, 0.6) is 0 Å². The summed E-state index contributed by atoms with van der Waals surface area (Å²) in [5, 5.41) is 7.89. The molecule has 0 aromatic carbocycles. The van der Waals surface area contributed by atoms with Gasteiger partial charge in [-0.25, -0.2) is 0 Å². The summed E-state index contributed by atoms with van der Waals surface area (Å²) in [6, 6.07) is 2.37. The Kier molecular flexibility index (Phi) is 4.71. The predicted octanol–water partition coefficient (Wildman–Crippen LogP) is 2.64. The van der Waals surface area contributed by atoms with E-state index in [0.29, 0.717) is 0 Å². The largest absolute Gasteiger partial charge is 0.313 e. The highest BCUT2D eigenvalue weighted by atomic mass is 79.9. The minimum atomic E-state index is 0.264. The van der Waals surface area contributed by atoms with Crippen molar-refractivity contribution >= 4 is 15.9 Å². The molecule has 4 nitrogen and oxygen atoms in total. The molecule has 0 amide bonds. The van der Waals surface area contributed by atoms with Gasteiger partial charge in [0.1, 0.15) is 0 Å². The van der Waals surface area contributed by atoms with Crippen LogP contribution >= 0.6 is 15.9 Å². The highest BCUT2D eigenvalue weighted by Gasteiger charge is 2.16. The Morgan fingerprint density at radius 1 is 1.42 bits per heavy atom. The number of nitrogens with zero attached hydrogens (tertiary/aromatic N) is 3. The summed E-state index contributed by atoms with van der Waals surface area (Å²) >= 11 is 3.46. The summed E-state index contributed by atoms with van der Waals surface area (Å²) in [5.41, 5.74) is 3.64. The maximum absolute atomic E-state index is 4.51. The van der Waals surface area contributed by atoms with Crippen LogP contribution < -0.4 is 5.32 Å². The van der Waals surface area contributed by atoms with Crippen molar-refractivity contribution in [3.63, 3.8) is 0 Å². The molecule has 0 aliphatic heterocycles. The molecular formula is C14H19BrN4. The van der Waals surface area contributed by atoms with Gasteiger partial charge in [0.2, 0.25) is 0 Å². The summed E-state index contributed by atoms with van der Waals surface area (Å²) in [6.07, 6.45) is 7.68. The second-order valence-corrected chi connectivity index (χ2v) is 5.53. The fourth-order valence-corrected chi connectivity index (χ4v) is 2.70. The molecule has 1 unspecified atom stereocenters. The van der Waals surface area contributed by atoms with E-state index in [-0.39, 0.29) is 6.04 Å². The molecule has 2 heterocycles. The van der Waals surface area contributed by atoms with Gasteiger partial charge < -0.3 is 5.32 Å². The second-order valence-electron chi connectivity index (χ2n) is 4.62. The molecule has 0 aliphatic carbocycles. The minimum absolute atomic E-state index is 0.264. The SMILES string of the molecule is CCc1nn(C)cc1C(Cc1cncc(Br)c1)NC. The van der Waals surface area contributed by atoms with E-state index in [1.807, 2.05) is 25.0 Å². The maximum Gasteiger partial charge on any atom is 0.0669 e. The van der Waals surface area contributed by atoms with Crippen molar-refractivity contribution < 1.29 is 0 Å². The molecule has 0 aliphatic rings. The Labute approximate surface area is 122 Å². The molecule has 1 N–H and O–H groups in total. The Bertz CT molecular complexity index is 550. The number of halogens is 1. The van der Waals surface area contributed by atoms with Gasteiger partial charge in [0, 0.05) is 41.7 Å². The molecule has 2 rings (SSSR count). The van der Waals surface area contributed by atoms with E-state index in [4.69, 9.17) is 0 Å². The van der Waals surface area contributed by atoms with Crippen LogP contribution in [-0.4, -0.2) is 21.8 Å². The first kappa shape index (κ1) is 14.2. The van der Waals surface area contributed by atoms with Crippen LogP contribution in [0.25, 0.3) is 0 Å². The maximum atomic E-state index is 4.51. The average Bonchev–Trinajstić information content (AvgIpc) is 2.77. The smallest absolute Gasteiger partial charge is 0.0669 e. The van der Waals surface area contributed by atoms with Gasteiger partial charge in [-0.1, -0.05) is 6.92 Å². The van der Waals surface area contributed by atoms with E-state index in [2.05, 4.69) is 50.5 Å². The Morgan fingerprint density at radius 3 is 2.84 bits per heavy atom. The third kappa shape index (κ3) is 3.42. The number of hydrogen-bond acceptors (Lipinski definition) is 3. The average molecular weight is 323 g/mol. The fourth-order valence-electron chi connectivity index (χ4n) is 2.29. The number of hydrogen-bond donors (Lipinski definition) is 1. The van der Waals surface area contributed by atoms with Gasteiger partial charge in [-0.2, -0.15) is 5.10 Å². The summed E-state index contributed by atoms with van der Waals surface area (Å²) in [5.74, 6) is 0. The highest BCUT2D eigenvalue weighted by Crippen LogP contribution is 2.22. The minimum Gasteiger partial charge on any atom is -0.313 e. The number of pyridine rings is 1. The lowest BCUT2D eigenvalue weighted by Gasteiger charge is -2.16. The predicted molar refractivity (Wildman–Crippen MR) is 80.0 cm³/mol. The molecule has 2 aromatic rings. The van der Waals surface area contributed by atoms with Gasteiger partial charge in [-0.05, 0) is 47.4 Å². The first-order chi connectivity index (χ1) is 9.13. The topological polar surface area (TPSA) is 42.7 Å². The van der Waals surface area contributed by atoms with Crippen LogP contribution in [0.3, 0.4) is 0 Å². The lowest BCUT2D eigenvalue weighted by Crippen LogP contribution is -2.19. The van der Waals surface area contributed by atoms with Crippen molar-refractivity contribution in [1.82, 2.24) is 20.1 Å². The molecule has 102 valence electrons. The van der Waals surface area contributed by atoms with Crippen molar-refractivity contribution in [3.05, 3.63) is 46.0 Å². The van der Waals surface area contributed by atoms with Crippen LogP contribution in [0, 0.1) is 0 Å². The molecular weight excluding hydrogens is 304 g/mol. The molecule has 0 saturated heterocycles. The number of nitrogens with one attached hydrogen (secondary N) is 1. The standard InChI is InChI=1S/C14H19BrN4/c1-4-13-12(9-19(3)18-13)14(16-2)6-10-5-11(15)8-17-7-10/h5,7-9,14,16H,4,6H2,1-3H3. The first-order valence-corrected chi connectivity index (χ1v) is 7.22. The Balaban J connectivity index is 2.24. The van der Waals surface area contributed by atoms with E-state index in [1.165, 1.54) is 11.1 Å². The van der Waals surface area contributed by atoms with Gasteiger partial charge in [-0.15, -0.1) is 0 Å². The summed E-state index contributed by atoms with van der Waals surface area (Å²) in [6.45, 7) is 2.14. The molecule has 0 radical (unpaired) electrons. The summed E-state index contributed by atoms with van der Waals surface area (Å²) in [4.78, 5) is 4.22. The fraction of sp³-hybridized carbons (Fsp3) is 0.429. The van der Waals surface area contributed by atoms with E-state index in [0.717, 1.165) is 23.0 Å². The quantitative estimate of drug-likeness (QED) is 0.920. The van der Waals surface area contributed by atoms with Crippen molar-refractivity contribution in [1.29, 1.82) is 0 Å². The lowest BCUT2D eigenvalue weighted by atomic mass is 10.00. The second kappa shape index (κ2) is 6.30. The van der Waals surface area contributed by atoms with Crippen LogP contribution in [-0.2, 0) is 19.9 Å². The van der Waals surface area contributed by atoms with E-state index in [1.54, 1.807) is 6.20 Å². The van der Waals surface area contributed by atoms with Gasteiger partial charge >= 0.3 is 0 Å². The van der Waals surface area contributed by atoms with Crippen LogP contribution in [0.1, 0.15) is 29.8 Å². The van der Waals surface area contributed by atoms with Gasteiger partial charge in [0.25, 0.3) is 0 Å². The molecule has 0 bridgehead atoms. The monoisotopic (exact) mass is 322 g/mol. The zero-order valence-electron chi connectivity index (χ0n) is 11.5. The van der Waals surface area contributed by atoms with Crippen molar-refractivity contribution in [2.24, 2.45) is 7.05 Å². The van der Waals surface area contributed by atoms with E-state index in [9.17, 15) is 0 Å². The zero-order chi connectivity index (χ0) is 13.8. The third-order valence-electron chi connectivity index (χ3n) is 3.20. The van der Waals surface area contributed by atoms with Crippen LogP contribution in [0.2, 0.25) is 0 Å². The van der Waals surface area contributed by atoms with E-state index >= 15 is 0 Å². The molecule has 0 saturated carbocycles. The highest BCUT2D eigenvalue weighted by molar-refractivity contribution is 9.10. The van der Waals surface area contributed by atoms with Gasteiger partial charge in [0.05, 0.1) is 5.69 Å². The molecule has 5 heteroatoms. The van der Waals surface area contributed by atoms with Crippen molar-refractivity contribution in [2.45, 2.75) is 25.8 Å².